The third kappa shape index (κ3) is 3.09. The summed E-state index contributed by atoms with van der Waals surface area (Å²) in [5.41, 5.74) is 3.59. The molecule has 0 bridgehead atoms. The van der Waals surface area contributed by atoms with Gasteiger partial charge < -0.3 is 5.32 Å². The lowest BCUT2D eigenvalue weighted by Crippen LogP contribution is -2.11. The predicted molar refractivity (Wildman–Crippen MR) is 103 cm³/mol. The minimum atomic E-state index is -0.116. The van der Waals surface area contributed by atoms with Crippen LogP contribution in [0.25, 0.3) is 15.5 Å². The zero-order valence-corrected chi connectivity index (χ0v) is 15.2. The maximum absolute atomic E-state index is 12.3. The zero-order chi connectivity index (χ0) is 18.1. The summed E-state index contributed by atoms with van der Waals surface area (Å²) >= 11 is 1.48. The van der Waals surface area contributed by atoms with Gasteiger partial charge in [0.15, 0.2) is 5.82 Å². The predicted octanol–water partition coefficient (Wildman–Crippen LogP) is 3.98. The summed E-state index contributed by atoms with van der Waals surface area (Å²) in [5.74, 6) is 0.648. The van der Waals surface area contributed by atoms with Crippen LogP contribution in [-0.2, 0) is 6.42 Å². The molecule has 4 aromatic rings. The number of hydrogen-bond donors (Lipinski definition) is 1. The SMILES string of the molecule is CCc1ccc(C(=O)Nc2ccc(-c3nn4c(C)nnc4s3)cc2)cc1. The topological polar surface area (TPSA) is 72.2 Å². The second-order valence-corrected chi connectivity index (χ2v) is 6.89. The van der Waals surface area contributed by atoms with E-state index < -0.39 is 0 Å². The van der Waals surface area contributed by atoms with Crippen LogP contribution in [0, 0.1) is 6.92 Å². The number of fused-ring (bicyclic) bond motifs is 1. The third-order valence-corrected chi connectivity index (χ3v) is 5.11. The Kier molecular flexibility index (Phi) is 4.22. The van der Waals surface area contributed by atoms with E-state index in [9.17, 15) is 4.79 Å². The second-order valence-electron chi connectivity index (χ2n) is 5.93. The molecular formula is C19H17N5OS. The van der Waals surface area contributed by atoms with E-state index >= 15 is 0 Å². The fourth-order valence-electron chi connectivity index (χ4n) is 2.62. The van der Waals surface area contributed by atoms with Gasteiger partial charge in [0.25, 0.3) is 5.91 Å². The quantitative estimate of drug-likeness (QED) is 0.595. The van der Waals surface area contributed by atoms with E-state index in [-0.39, 0.29) is 5.91 Å². The monoisotopic (exact) mass is 363 g/mol. The summed E-state index contributed by atoms with van der Waals surface area (Å²) in [4.78, 5) is 13.1. The number of aryl methyl sites for hydroxylation is 2. The first-order valence-electron chi connectivity index (χ1n) is 8.33. The van der Waals surface area contributed by atoms with Crippen molar-refractivity contribution in [1.82, 2.24) is 19.8 Å². The number of amides is 1. The zero-order valence-electron chi connectivity index (χ0n) is 14.4. The Bertz CT molecular complexity index is 1060. The number of nitrogens with one attached hydrogen (secondary N) is 1. The molecular weight excluding hydrogens is 346 g/mol. The summed E-state index contributed by atoms with van der Waals surface area (Å²) in [6.07, 6.45) is 0.959. The van der Waals surface area contributed by atoms with Crippen LogP contribution in [0.5, 0.6) is 0 Å². The average molecular weight is 363 g/mol. The Morgan fingerprint density at radius 2 is 1.81 bits per heavy atom. The van der Waals surface area contributed by atoms with E-state index in [1.54, 1.807) is 4.52 Å². The fourth-order valence-corrected chi connectivity index (χ4v) is 3.51. The molecule has 130 valence electrons. The molecule has 2 heterocycles. The number of carbonyl (C=O) groups excluding carboxylic acids is 1. The lowest BCUT2D eigenvalue weighted by molar-refractivity contribution is 0.102. The van der Waals surface area contributed by atoms with E-state index in [0.717, 1.165) is 33.5 Å². The molecule has 2 aromatic carbocycles. The Labute approximate surface area is 154 Å². The van der Waals surface area contributed by atoms with Crippen molar-refractivity contribution in [2.45, 2.75) is 20.3 Å². The number of nitrogens with zero attached hydrogens (tertiary/aromatic N) is 4. The van der Waals surface area contributed by atoms with Crippen molar-refractivity contribution in [3.8, 4) is 10.6 Å². The number of anilines is 1. The van der Waals surface area contributed by atoms with Crippen molar-refractivity contribution in [3.63, 3.8) is 0 Å². The molecule has 0 atom stereocenters. The first-order valence-corrected chi connectivity index (χ1v) is 9.15. The number of carbonyl (C=O) groups is 1. The lowest BCUT2D eigenvalue weighted by atomic mass is 10.1. The Morgan fingerprint density at radius 3 is 2.46 bits per heavy atom. The summed E-state index contributed by atoms with van der Waals surface area (Å²) in [7, 11) is 0. The Morgan fingerprint density at radius 1 is 1.08 bits per heavy atom. The highest BCUT2D eigenvalue weighted by molar-refractivity contribution is 7.19. The van der Waals surface area contributed by atoms with Crippen LogP contribution in [0.3, 0.4) is 0 Å². The molecule has 0 aliphatic carbocycles. The van der Waals surface area contributed by atoms with Crippen molar-refractivity contribution in [2.24, 2.45) is 0 Å². The minimum absolute atomic E-state index is 0.116. The lowest BCUT2D eigenvalue weighted by Gasteiger charge is -2.06. The summed E-state index contributed by atoms with van der Waals surface area (Å²) in [5, 5.41) is 16.4. The molecule has 26 heavy (non-hydrogen) atoms. The van der Waals surface area contributed by atoms with Gasteiger partial charge in [0, 0.05) is 16.8 Å². The molecule has 1 N–H and O–H groups in total. The second kappa shape index (κ2) is 6.68. The van der Waals surface area contributed by atoms with Crippen LogP contribution in [0.2, 0.25) is 0 Å². The molecule has 0 aliphatic rings. The van der Waals surface area contributed by atoms with Crippen molar-refractivity contribution >= 4 is 27.9 Å². The molecule has 4 rings (SSSR count). The average Bonchev–Trinajstić information content (AvgIpc) is 3.25. The number of aromatic nitrogens is 4. The van der Waals surface area contributed by atoms with Crippen LogP contribution in [0.15, 0.2) is 48.5 Å². The molecule has 0 saturated carbocycles. The van der Waals surface area contributed by atoms with Crippen LogP contribution < -0.4 is 5.32 Å². The Hall–Kier alpha value is -3.06. The van der Waals surface area contributed by atoms with Gasteiger partial charge in [-0.3, -0.25) is 4.79 Å². The molecule has 6 nitrogen and oxygen atoms in total. The molecule has 0 radical (unpaired) electrons. The molecule has 0 spiro atoms. The van der Waals surface area contributed by atoms with E-state index in [1.807, 2.05) is 55.5 Å². The van der Waals surface area contributed by atoms with Crippen molar-refractivity contribution in [2.75, 3.05) is 5.32 Å². The molecule has 0 saturated heterocycles. The van der Waals surface area contributed by atoms with Crippen LogP contribution in [-0.4, -0.2) is 25.7 Å². The molecule has 7 heteroatoms. The van der Waals surface area contributed by atoms with Gasteiger partial charge in [0.05, 0.1) is 0 Å². The van der Waals surface area contributed by atoms with Crippen LogP contribution in [0.1, 0.15) is 28.7 Å². The standard InChI is InChI=1S/C19H17N5OS/c1-3-13-4-6-14(7-5-13)17(25)20-16-10-8-15(9-11-16)18-23-24-12(2)21-22-19(24)26-18/h4-11H,3H2,1-2H3,(H,20,25). The van der Waals surface area contributed by atoms with Gasteiger partial charge in [-0.25, -0.2) is 0 Å². The maximum Gasteiger partial charge on any atom is 0.255 e. The summed E-state index contributed by atoms with van der Waals surface area (Å²) in [6.45, 7) is 3.96. The highest BCUT2D eigenvalue weighted by Crippen LogP contribution is 2.26. The van der Waals surface area contributed by atoms with Gasteiger partial charge in [0.2, 0.25) is 4.96 Å². The van der Waals surface area contributed by atoms with E-state index in [2.05, 4.69) is 27.5 Å². The first-order chi connectivity index (χ1) is 12.6. The summed E-state index contributed by atoms with van der Waals surface area (Å²) in [6, 6.07) is 15.3. The van der Waals surface area contributed by atoms with Gasteiger partial charge in [-0.1, -0.05) is 30.4 Å². The van der Waals surface area contributed by atoms with Gasteiger partial charge in [-0.05, 0) is 55.3 Å². The van der Waals surface area contributed by atoms with Gasteiger partial charge in [0.1, 0.15) is 5.01 Å². The first kappa shape index (κ1) is 16.4. The highest BCUT2D eigenvalue weighted by atomic mass is 32.1. The maximum atomic E-state index is 12.3. The van der Waals surface area contributed by atoms with Crippen LogP contribution in [0.4, 0.5) is 5.69 Å². The largest absolute Gasteiger partial charge is 0.322 e. The molecule has 0 fully saturated rings. The third-order valence-electron chi connectivity index (χ3n) is 4.16. The highest BCUT2D eigenvalue weighted by Gasteiger charge is 2.11. The van der Waals surface area contributed by atoms with E-state index in [4.69, 9.17) is 0 Å². The van der Waals surface area contributed by atoms with E-state index in [0.29, 0.717) is 5.56 Å². The van der Waals surface area contributed by atoms with Gasteiger partial charge in [-0.2, -0.15) is 9.61 Å². The minimum Gasteiger partial charge on any atom is -0.322 e. The Balaban J connectivity index is 1.50. The van der Waals surface area contributed by atoms with Crippen molar-refractivity contribution in [3.05, 3.63) is 65.5 Å². The van der Waals surface area contributed by atoms with Gasteiger partial charge >= 0.3 is 0 Å². The smallest absolute Gasteiger partial charge is 0.255 e. The van der Waals surface area contributed by atoms with Crippen molar-refractivity contribution in [1.29, 1.82) is 0 Å². The van der Waals surface area contributed by atoms with Crippen LogP contribution >= 0.6 is 11.3 Å². The van der Waals surface area contributed by atoms with Gasteiger partial charge in [-0.15, -0.1) is 10.2 Å². The molecule has 1 amide bonds. The molecule has 0 unspecified atom stereocenters. The number of rotatable bonds is 4. The van der Waals surface area contributed by atoms with Crippen molar-refractivity contribution < 1.29 is 4.79 Å². The fraction of sp³-hybridized carbons (Fsp3) is 0.158. The molecule has 2 aromatic heterocycles. The number of benzene rings is 2. The van der Waals surface area contributed by atoms with E-state index in [1.165, 1.54) is 16.9 Å². The summed E-state index contributed by atoms with van der Waals surface area (Å²) < 4.78 is 1.73. The number of hydrogen-bond acceptors (Lipinski definition) is 5. The molecule has 0 aliphatic heterocycles. The normalized spacial score (nSPS) is 11.0.